The topological polar surface area (TPSA) is 53.5 Å². The van der Waals surface area contributed by atoms with Crippen molar-refractivity contribution in [3.63, 3.8) is 0 Å². The molecule has 0 saturated heterocycles. The van der Waals surface area contributed by atoms with E-state index in [1.807, 2.05) is 25.1 Å². The van der Waals surface area contributed by atoms with Gasteiger partial charge in [0.1, 0.15) is 23.3 Å². The van der Waals surface area contributed by atoms with Crippen LogP contribution in [0, 0.1) is 0 Å². The van der Waals surface area contributed by atoms with Crippen LogP contribution in [0.4, 0.5) is 0 Å². The van der Waals surface area contributed by atoms with Gasteiger partial charge in [-0.25, -0.2) is 9.97 Å². The van der Waals surface area contributed by atoms with Crippen LogP contribution in [0.25, 0.3) is 11.3 Å². The van der Waals surface area contributed by atoms with Crippen molar-refractivity contribution < 1.29 is 14.2 Å². The normalized spacial score (nSPS) is 10.5. The van der Waals surface area contributed by atoms with E-state index in [0.717, 1.165) is 5.56 Å². The van der Waals surface area contributed by atoms with E-state index in [0.29, 0.717) is 41.4 Å². The third-order valence-corrected chi connectivity index (χ3v) is 3.05. The van der Waals surface area contributed by atoms with E-state index >= 15 is 0 Å². The Morgan fingerprint density at radius 1 is 1.10 bits per heavy atom. The van der Waals surface area contributed by atoms with Gasteiger partial charge in [0.25, 0.3) is 0 Å². The van der Waals surface area contributed by atoms with Crippen LogP contribution in [0.2, 0.25) is 5.15 Å². The van der Waals surface area contributed by atoms with Gasteiger partial charge in [-0.3, -0.25) is 0 Å². The molecule has 0 amide bonds. The largest absolute Gasteiger partial charge is 0.496 e. The maximum Gasteiger partial charge on any atom is 0.156 e. The van der Waals surface area contributed by atoms with Crippen molar-refractivity contribution in [2.24, 2.45) is 0 Å². The smallest absolute Gasteiger partial charge is 0.156 e. The first kappa shape index (κ1) is 15.5. The third kappa shape index (κ3) is 3.62. The molecule has 0 aliphatic rings. The van der Waals surface area contributed by atoms with Crippen molar-refractivity contribution in [2.45, 2.75) is 13.5 Å². The molecule has 112 valence electrons. The highest BCUT2D eigenvalue weighted by molar-refractivity contribution is 6.29. The van der Waals surface area contributed by atoms with Gasteiger partial charge in [-0.2, -0.15) is 0 Å². The molecule has 0 fully saturated rings. The summed E-state index contributed by atoms with van der Waals surface area (Å²) < 4.78 is 16.1. The van der Waals surface area contributed by atoms with Gasteiger partial charge in [0.05, 0.1) is 25.5 Å². The fourth-order valence-electron chi connectivity index (χ4n) is 1.95. The monoisotopic (exact) mass is 308 g/mol. The Hall–Kier alpha value is -1.85. The molecule has 0 N–H and O–H groups in total. The van der Waals surface area contributed by atoms with Gasteiger partial charge in [0, 0.05) is 12.7 Å². The zero-order valence-corrected chi connectivity index (χ0v) is 13.0. The van der Waals surface area contributed by atoms with Gasteiger partial charge in [0.15, 0.2) is 5.82 Å². The molecule has 1 aromatic carbocycles. The predicted molar refractivity (Wildman–Crippen MR) is 80.9 cm³/mol. The first-order valence-electron chi connectivity index (χ1n) is 6.52. The lowest BCUT2D eigenvalue weighted by Gasteiger charge is -2.13. The Labute approximate surface area is 128 Å². The Balaban J connectivity index is 2.53. The van der Waals surface area contributed by atoms with Crippen molar-refractivity contribution >= 4 is 11.6 Å². The molecule has 6 heteroatoms. The van der Waals surface area contributed by atoms with E-state index in [1.54, 1.807) is 20.3 Å². The summed E-state index contributed by atoms with van der Waals surface area (Å²) in [7, 11) is 3.20. The summed E-state index contributed by atoms with van der Waals surface area (Å²) in [5, 5.41) is 0.350. The van der Waals surface area contributed by atoms with Gasteiger partial charge in [-0.15, -0.1) is 0 Å². The summed E-state index contributed by atoms with van der Waals surface area (Å²) in [5.41, 5.74) is 1.38. The fourth-order valence-corrected chi connectivity index (χ4v) is 2.16. The van der Waals surface area contributed by atoms with E-state index in [2.05, 4.69) is 9.97 Å². The molecule has 2 aromatic rings. The minimum Gasteiger partial charge on any atom is -0.496 e. The number of nitrogens with zero attached hydrogens (tertiary/aromatic N) is 2. The van der Waals surface area contributed by atoms with Crippen LogP contribution in [0.15, 0.2) is 24.3 Å². The van der Waals surface area contributed by atoms with Crippen LogP contribution in [0.3, 0.4) is 0 Å². The van der Waals surface area contributed by atoms with Gasteiger partial charge >= 0.3 is 0 Å². The van der Waals surface area contributed by atoms with Gasteiger partial charge < -0.3 is 14.2 Å². The van der Waals surface area contributed by atoms with E-state index in [9.17, 15) is 0 Å². The Kier molecular flexibility index (Phi) is 5.36. The predicted octanol–water partition coefficient (Wildman–Crippen LogP) is 3.35. The number of hydrogen-bond donors (Lipinski definition) is 0. The summed E-state index contributed by atoms with van der Waals surface area (Å²) in [6.07, 6.45) is 0. The summed E-state index contributed by atoms with van der Waals surface area (Å²) in [6, 6.07) is 7.22. The molecule has 0 radical (unpaired) electrons. The van der Waals surface area contributed by atoms with Crippen LogP contribution in [0.1, 0.15) is 12.7 Å². The molecule has 0 aliphatic heterocycles. The average Bonchev–Trinajstić information content (AvgIpc) is 2.51. The highest BCUT2D eigenvalue weighted by Gasteiger charge is 2.15. The van der Waals surface area contributed by atoms with Crippen molar-refractivity contribution in [1.82, 2.24) is 9.97 Å². The lowest BCUT2D eigenvalue weighted by molar-refractivity contribution is 0.128. The molecule has 0 aliphatic carbocycles. The van der Waals surface area contributed by atoms with Crippen LogP contribution in [-0.4, -0.2) is 30.8 Å². The molecular formula is C15H17ClN2O3. The molecule has 0 unspecified atom stereocenters. The van der Waals surface area contributed by atoms with E-state index in [-0.39, 0.29) is 0 Å². The Morgan fingerprint density at radius 3 is 2.33 bits per heavy atom. The molecule has 2 rings (SSSR count). The molecule has 0 atom stereocenters. The van der Waals surface area contributed by atoms with Gasteiger partial charge in [-0.1, -0.05) is 17.7 Å². The molecule has 0 spiro atoms. The Bertz CT molecular complexity index is 598. The maximum absolute atomic E-state index is 6.08. The summed E-state index contributed by atoms with van der Waals surface area (Å²) >= 11 is 6.08. The maximum atomic E-state index is 6.08. The first-order valence-corrected chi connectivity index (χ1v) is 6.90. The van der Waals surface area contributed by atoms with Gasteiger partial charge in [0.2, 0.25) is 0 Å². The summed E-state index contributed by atoms with van der Waals surface area (Å²) in [6.45, 7) is 2.80. The quantitative estimate of drug-likeness (QED) is 0.766. The molecule has 5 nitrogen and oxygen atoms in total. The Morgan fingerprint density at radius 2 is 1.76 bits per heavy atom. The van der Waals surface area contributed by atoms with Gasteiger partial charge in [-0.05, 0) is 19.1 Å². The number of aromatic nitrogens is 2. The molecular weight excluding hydrogens is 292 g/mol. The zero-order chi connectivity index (χ0) is 15.2. The molecule has 1 aromatic heterocycles. The highest BCUT2D eigenvalue weighted by atomic mass is 35.5. The fraction of sp³-hybridized carbons (Fsp3) is 0.333. The second-order valence-electron chi connectivity index (χ2n) is 4.17. The van der Waals surface area contributed by atoms with Crippen LogP contribution in [0.5, 0.6) is 11.5 Å². The average molecular weight is 309 g/mol. The zero-order valence-electron chi connectivity index (χ0n) is 12.2. The number of rotatable bonds is 6. The first-order chi connectivity index (χ1) is 10.2. The number of methoxy groups -OCH3 is 2. The summed E-state index contributed by atoms with van der Waals surface area (Å²) in [4.78, 5) is 8.63. The molecule has 21 heavy (non-hydrogen) atoms. The van der Waals surface area contributed by atoms with Crippen molar-refractivity contribution in [2.75, 3.05) is 20.8 Å². The van der Waals surface area contributed by atoms with E-state index < -0.39 is 0 Å². The second-order valence-corrected chi connectivity index (χ2v) is 4.55. The van der Waals surface area contributed by atoms with Crippen LogP contribution < -0.4 is 9.47 Å². The lowest BCUT2D eigenvalue weighted by atomic mass is 10.1. The number of ether oxygens (including phenoxy) is 3. The standard InChI is InChI=1S/C15H17ClN2O3/c1-4-21-9-14-17-10(8-13(16)18-14)15-11(19-2)6-5-7-12(15)20-3/h5-8H,4,9H2,1-3H3. The third-order valence-electron chi connectivity index (χ3n) is 2.86. The highest BCUT2D eigenvalue weighted by Crippen LogP contribution is 2.37. The van der Waals surface area contributed by atoms with Crippen LogP contribution in [-0.2, 0) is 11.3 Å². The minimum atomic E-state index is 0.307. The number of hydrogen-bond acceptors (Lipinski definition) is 5. The minimum absolute atomic E-state index is 0.307. The molecule has 1 heterocycles. The van der Waals surface area contributed by atoms with Crippen molar-refractivity contribution in [1.29, 1.82) is 0 Å². The molecule has 0 saturated carbocycles. The van der Waals surface area contributed by atoms with E-state index in [1.165, 1.54) is 0 Å². The lowest BCUT2D eigenvalue weighted by Crippen LogP contribution is -2.02. The van der Waals surface area contributed by atoms with Crippen LogP contribution >= 0.6 is 11.6 Å². The molecule has 0 bridgehead atoms. The van der Waals surface area contributed by atoms with Crippen molar-refractivity contribution in [3.8, 4) is 22.8 Å². The second kappa shape index (κ2) is 7.24. The number of benzene rings is 1. The van der Waals surface area contributed by atoms with E-state index in [4.69, 9.17) is 25.8 Å². The summed E-state index contributed by atoms with van der Waals surface area (Å²) in [5.74, 6) is 1.84. The van der Waals surface area contributed by atoms with Crippen molar-refractivity contribution in [3.05, 3.63) is 35.2 Å². The SMILES string of the molecule is CCOCc1nc(Cl)cc(-c2c(OC)cccc2OC)n1. The number of halogens is 1.